The van der Waals surface area contributed by atoms with Crippen LogP contribution in [-0.2, 0) is 9.59 Å². The molecule has 0 saturated heterocycles. The summed E-state index contributed by atoms with van der Waals surface area (Å²) in [5, 5.41) is 8.28. The summed E-state index contributed by atoms with van der Waals surface area (Å²) in [5.74, 6) is -1.38. The third-order valence-corrected chi connectivity index (χ3v) is 1.42. The first-order valence-corrected chi connectivity index (χ1v) is 3.61. The van der Waals surface area contributed by atoms with Crippen molar-refractivity contribution in [1.82, 2.24) is 4.90 Å². The molecule has 1 amide bonds. The van der Waals surface area contributed by atoms with Crippen LogP contribution in [0.2, 0.25) is 0 Å². The minimum atomic E-state index is -1.07. The van der Waals surface area contributed by atoms with E-state index in [0.717, 1.165) is 0 Å². The maximum absolute atomic E-state index is 11.0. The number of amides is 1. The number of carbonyl (C=O) groups excluding carboxylic acids is 1. The van der Waals surface area contributed by atoms with E-state index in [0.29, 0.717) is 13.1 Å². The van der Waals surface area contributed by atoms with E-state index in [1.165, 1.54) is 4.90 Å². The Balaban J connectivity index is 3.89. The van der Waals surface area contributed by atoms with E-state index < -0.39 is 12.4 Å². The van der Waals surface area contributed by atoms with Crippen LogP contribution in [0.4, 0.5) is 0 Å². The Kier molecular flexibility index (Phi) is 4.26. The topological polar surface area (TPSA) is 57.6 Å². The third kappa shape index (κ3) is 3.60. The van der Waals surface area contributed by atoms with Crippen molar-refractivity contribution in [2.45, 2.75) is 20.3 Å². The molecule has 0 atom stereocenters. The Hall–Kier alpha value is -1.06. The molecule has 0 aromatic carbocycles. The monoisotopic (exact) mass is 159 g/mol. The maximum Gasteiger partial charge on any atom is 0.312 e. The van der Waals surface area contributed by atoms with Crippen molar-refractivity contribution in [3.05, 3.63) is 0 Å². The van der Waals surface area contributed by atoms with Gasteiger partial charge in [-0.15, -0.1) is 0 Å². The summed E-state index contributed by atoms with van der Waals surface area (Å²) in [6.45, 7) is 4.79. The van der Waals surface area contributed by atoms with Crippen LogP contribution in [0.5, 0.6) is 0 Å². The van der Waals surface area contributed by atoms with Crippen LogP contribution >= 0.6 is 0 Å². The predicted octanol–water partition coefficient (Wildman–Crippen LogP) is 0.329. The van der Waals surface area contributed by atoms with Gasteiger partial charge in [0.15, 0.2) is 0 Å². The lowest BCUT2D eigenvalue weighted by atomic mass is 10.3. The van der Waals surface area contributed by atoms with Crippen LogP contribution in [0.25, 0.3) is 0 Å². The number of hydrogen-bond acceptors (Lipinski definition) is 2. The lowest BCUT2D eigenvalue weighted by Crippen LogP contribution is -2.31. The smallest absolute Gasteiger partial charge is 0.312 e. The molecule has 0 saturated carbocycles. The van der Waals surface area contributed by atoms with Gasteiger partial charge in [0.1, 0.15) is 6.42 Å². The van der Waals surface area contributed by atoms with E-state index in [1.54, 1.807) is 0 Å². The normalized spacial score (nSPS) is 9.27. The van der Waals surface area contributed by atoms with Gasteiger partial charge in [0, 0.05) is 13.1 Å². The standard InChI is InChI=1S/C7H13NO3/c1-3-8(4-2)6(9)5-7(10)11/h3-5H2,1-2H3,(H,10,11). The highest BCUT2D eigenvalue weighted by molar-refractivity contribution is 5.93. The minimum absolute atomic E-state index is 0.317. The van der Waals surface area contributed by atoms with Crippen LogP contribution in [-0.4, -0.2) is 35.0 Å². The number of nitrogens with zero attached hydrogens (tertiary/aromatic N) is 1. The largest absolute Gasteiger partial charge is 0.481 e. The Morgan fingerprint density at radius 3 is 2.00 bits per heavy atom. The van der Waals surface area contributed by atoms with E-state index >= 15 is 0 Å². The molecule has 4 nitrogen and oxygen atoms in total. The summed E-state index contributed by atoms with van der Waals surface area (Å²) in [5.41, 5.74) is 0. The summed E-state index contributed by atoms with van der Waals surface area (Å²) >= 11 is 0. The van der Waals surface area contributed by atoms with E-state index in [1.807, 2.05) is 13.8 Å². The molecule has 0 aliphatic rings. The van der Waals surface area contributed by atoms with Crippen molar-refractivity contribution < 1.29 is 14.7 Å². The van der Waals surface area contributed by atoms with Gasteiger partial charge in [-0.3, -0.25) is 9.59 Å². The first kappa shape index (κ1) is 9.94. The number of carbonyl (C=O) groups is 2. The van der Waals surface area contributed by atoms with Gasteiger partial charge in [-0.05, 0) is 13.8 Å². The summed E-state index contributed by atoms with van der Waals surface area (Å²) < 4.78 is 0. The fourth-order valence-corrected chi connectivity index (χ4v) is 0.817. The molecule has 0 radical (unpaired) electrons. The zero-order valence-corrected chi connectivity index (χ0v) is 6.83. The molecule has 0 aliphatic carbocycles. The molecule has 0 bridgehead atoms. The zero-order chi connectivity index (χ0) is 8.85. The molecule has 0 unspecified atom stereocenters. The third-order valence-electron chi connectivity index (χ3n) is 1.42. The summed E-state index contributed by atoms with van der Waals surface area (Å²) in [6, 6.07) is 0. The highest BCUT2D eigenvalue weighted by atomic mass is 16.4. The van der Waals surface area contributed by atoms with Crippen LogP contribution < -0.4 is 0 Å². The van der Waals surface area contributed by atoms with Crippen LogP contribution in [0, 0.1) is 0 Å². The number of hydrogen-bond donors (Lipinski definition) is 1. The molecule has 1 N–H and O–H groups in total. The van der Waals surface area contributed by atoms with Crippen LogP contribution in [0.3, 0.4) is 0 Å². The van der Waals surface area contributed by atoms with Gasteiger partial charge in [0.25, 0.3) is 0 Å². The Labute approximate surface area is 65.8 Å². The molecule has 64 valence electrons. The average molecular weight is 159 g/mol. The van der Waals surface area contributed by atoms with Crippen molar-refractivity contribution >= 4 is 11.9 Å². The van der Waals surface area contributed by atoms with Gasteiger partial charge in [-0.2, -0.15) is 0 Å². The van der Waals surface area contributed by atoms with Crippen molar-refractivity contribution in [3.63, 3.8) is 0 Å². The maximum atomic E-state index is 11.0. The minimum Gasteiger partial charge on any atom is -0.481 e. The van der Waals surface area contributed by atoms with Gasteiger partial charge >= 0.3 is 5.97 Å². The van der Waals surface area contributed by atoms with Gasteiger partial charge < -0.3 is 10.0 Å². The van der Waals surface area contributed by atoms with Gasteiger partial charge in [0.2, 0.25) is 5.91 Å². The predicted molar refractivity (Wildman–Crippen MR) is 40.2 cm³/mol. The second-order valence-electron chi connectivity index (χ2n) is 2.14. The van der Waals surface area contributed by atoms with E-state index in [2.05, 4.69) is 0 Å². The fraction of sp³-hybridized carbons (Fsp3) is 0.714. The van der Waals surface area contributed by atoms with Crippen molar-refractivity contribution in [1.29, 1.82) is 0 Å². The lowest BCUT2D eigenvalue weighted by Gasteiger charge is -2.16. The fourth-order valence-electron chi connectivity index (χ4n) is 0.817. The molecule has 0 aliphatic heterocycles. The molecule has 4 heteroatoms. The lowest BCUT2D eigenvalue weighted by molar-refractivity contribution is -0.144. The molecule has 0 rings (SSSR count). The molecule has 0 aromatic heterocycles. The van der Waals surface area contributed by atoms with Crippen LogP contribution in [0.15, 0.2) is 0 Å². The molecule has 0 aromatic rings. The van der Waals surface area contributed by atoms with Crippen LogP contribution in [0.1, 0.15) is 20.3 Å². The molecular weight excluding hydrogens is 146 g/mol. The number of aliphatic carboxylic acids is 1. The summed E-state index contributed by atoms with van der Waals surface area (Å²) in [7, 11) is 0. The second kappa shape index (κ2) is 4.71. The molecule has 0 spiro atoms. The van der Waals surface area contributed by atoms with Gasteiger partial charge in [0.05, 0.1) is 0 Å². The first-order valence-electron chi connectivity index (χ1n) is 3.61. The van der Waals surface area contributed by atoms with E-state index in [9.17, 15) is 9.59 Å². The SMILES string of the molecule is CCN(CC)C(=O)CC(=O)O. The summed E-state index contributed by atoms with van der Waals surface area (Å²) in [4.78, 5) is 22.6. The number of rotatable bonds is 4. The van der Waals surface area contributed by atoms with Crippen molar-refractivity contribution in [2.24, 2.45) is 0 Å². The quantitative estimate of drug-likeness (QED) is 0.601. The second-order valence-corrected chi connectivity index (χ2v) is 2.14. The Bertz CT molecular complexity index is 152. The van der Waals surface area contributed by atoms with Gasteiger partial charge in [-0.25, -0.2) is 0 Å². The van der Waals surface area contributed by atoms with Crippen molar-refractivity contribution in [2.75, 3.05) is 13.1 Å². The van der Waals surface area contributed by atoms with E-state index in [4.69, 9.17) is 5.11 Å². The molecule has 0 fully saturated rings. The zero-order valence-electron chi connectivity index (χ0n) is 6.83. The molecule has 0 heterocycles. The van der Waals surface area contributed by atoms with Gasteiger partial charge in [-0.1, -0.05) is 0 Å². The molecule has 11 heavy (non-hydrogen) atoms. The Morgan fingerprint density at radius 2 is 1.73 bits per heavy atom. The first-order chi connectivity index (χ1) is 5.11. The number of carboxylic acid groups (broad SMARTS) is 1. The summed E-state index contributed by atoms with van der Waals surface area (Å²) in [6.07, 6.45) is -0.401. The van der Waals surface area contributed by atoms with E-state index in [-0.39, 0.29) is 5.91 Å². The average Bonchev–Trinajstić information content (AvgIpc) is 1.88. The highest BCUT2D eigenvalue weighted by Gasteiger charge is 2.12. The Morgan fingerprint density at radius 1 is 1.27 bits per heavy atom. The number of carboxylic acids is 1. The highest BCUT2D eigenvalue weighted by Crippen LogP contribution is 1.92. The van der Waals surface area contributed by atoms with Crippen molar-refractivity contribution in [3.8, 4) is 0 Å². The molecular formula is C7H13NO3.